The largest absolute Gasteiger partial charge is 0.507 e. The van der Waals surface area contributed by atoms with E-state index >= 15 is 0 Å². The highest BCUT2D eigenvalue weighted by atomic mass is 16.5. The molecule has 0 saturated heterocycles. The van der Waals surface area contributed by atoms with Crippen LogP contribution < -0.4 is 14.2 Å². The minimum absolute atomic E-state index is 0.0585. The fourth-order valence-corrected chi connectivity index (χ4v) is 3.89. The van der Waals surface area contributed by atoms with Crippen molar-refractivity contribution in [3.63, 3.8) is 0 Å². The highest BCUT2D eigenvalue weighted by Crippen LogP contribution is 2.37. The Labute approximate surface area is 201 Å². The monoisotopic (exact) mass is 472 g/mol. The predicted octanol–water partition coefficient (Wildman–Crippen LogP) is 6.01. The van der Waals surface area contributed by atoms with Gasteiger partial charge in [0, 0.05) is 23.1 Å². The highest BCUT2D eigenvalue weighted by molar-refractivity contribution is 5.97. The molecule has 186 valence electrons. The number of carboxylic acid groups (broad SMARTS) is 1. The molecule has 0 bridgehead atoms. The Balaban J connectivity index is 1.92. The van der Waals surface area contributed by atoms with Gasteiger partial charge in [-0.1, -0.05) is 27.2 Å². The molecular weight excluding hydrogens is 436 g/mol. The van der Waals surface area contributed by atoms with Gasteiger partial charge in [-0.3, -0.25) is 4.79 Å². The molecule has 0 aliphatic carbocycles. The van der Waals surface area contributed by atoms with Crippen LogP contribution in [0.5, 0.6) is 23.0 Å². The van der Waals surface area contributed by atoms with Crippen LogP contribution in [0.2, 0.25) is 0 Å². The van der Waals surface area contributed by atoms with E-state index in [9.17, 15) is 19.8 Å². The number of unbranched alkanes of at least 4 members (excludes halogenated alkanes) is 2. The third-order valence-corrected chi connectivity index (χ3v) is 5.73. The van der Waals surface area contributed by atoms with Crippen molar-refractivity contribution in [2.75, 3.05) is 20.8 Å². The van der Waals surface area contributed by atoms with Gasteiger partial charge >= 0.3 is 5.97 Å². The molecule has 2 N–H and O–H groups in total. The lowest BCUT2D eigenvalue weighted by Crippen LogP contribution is -2.06. The van der Waals surface area contributed by atoms with Gasteiger partial charge in [-0.05, 0) is 55.9 Å². The van der Waals surface area contributed by atoms with Gasteiger partial charge in [-0.2, -0.15) is 0 Å². The molecule has 2 aromatic rings. The van der Waals surface area contributed by atoms with Gasteiger partial charge in [0.05, 0.1) is 20.8 Å². The predicted molar refractivity (Wildman–Crippen MR) is 131 cm³/mol. The Hall–Kier alpha value is -3.22. The second-order valence-corrected chi connectivity index (χ2v) is 8.53. The van der Waals surface area contributed by atoms with Crippen molar-refractivity contribution in [3.05, 3.63) is 46.5 Å². The Morgan fingerprint density at radius 3 is 2.32 bits per heavy atom. The number of rotatable bonds is 14. The maximum absolute atomic E-state index is 12.8. The Morgan fingerprint density at radius 1 is 1.00 bits per heavy atom. The molecule has 7 heteroatoms. The molecule has 34 heavy (non-hydrogen) atoms. The maximum atomic E-state index is 12.8. The summed E-state index contributed by atoms with van der Waals surface area (Å²) in [6.07, 6.45) is 3.97. The molecule has 0 atom stereocenters. The molecule has 0 spiro atoms. The maximum Gasteiger partial charge on any atom is 0.339 e. The van der Waals surface area contributed by atoms with Crippen molar-refractivity contribution in [1.82, 2.24) is 0 Å². The minimum Gasteiger partial charge on any atom is -0.507 e. The number of hydrogen-bond acceptors (Lipinski definition) is 6. The summed E-state index contributed by atoms with van der Waals surface area (Å²) in [4.78, 5) is 24.0. The molecule has 0 saturated carbocycles. The number of phenols is 1. The van der Waals surface area contributed by atoms with Crippen LogP contribution in [-0.2, 0) is 6.42 Å². The number of carboxylic acids is 1. The van der Waals surface area contributed by atoms with Crippen molar-refractivity contribution >= 4 is 11.8 Å². The van der Waals surface area contributed by atoms with Crippen molar-refractivity contribution in [1.29, 1.82) is 0 Å². The average Bonchev–Trinajstić information content (AvgIpc) is 2.81. The summed E-state index contributed by atoms with van der Waals surface area (Å²) in [5.41, 5.74) is 1.96. The molecule has 7 nitrogen and oxygen atoms in total. The normalized spacial score (nSPS) is 10.9. The van der Waals surface area contributed by atoms with Crippen LogP contribution in [0, 0.1) is 0 Å². The van der Waals surface area contributed by atoms with Gasteiger partial charge in [0.1, 0.15) is 17.1 Å². The summed E-state index contributed by atoms with van der Waals surface area (Å²) < 4.78 is 16.7. The second-order valence-electron chi connectivity index (χ2n) is 8.53. The van der Waals surface area contributed by atoms with Crippen molar-refractivity contribution in [3.8, 4) is 23.0 Å². The summed E-state index contributed by atoms with van der Waals surface area (Å²) in [5.74, 6) is 0.585. The van der Waals surface area contributed by atoms with Gasteiger partial charge < -0.3 is 24.4 Å². The molecule has 0 heterocycles. The van der Waals surface area contributed by atoms with Crippen LogP contribution >= 0.6 is 0 Å². The van der Waals surface area contributed by atoms with Crippen LogP contribution in [-0.4, -0.2) is 42.8 Å². The first-order chi connectivity index (χ1) is 16.2. The number of methoxy groups -OCH3 is 2. The number of Topliss-reactive ketones (excluding diaryl/α,β-unsaturated/α-hetero) is 1. The third kappa shape index (κ3) is 6.65. The molecule has 0 aromatic heterocycles. The first-order valence-corrected chi connectivity index (χ1v) is 11.7. The Kier molecular flexibility index (Phi) is 10.2. The lowest BCUT2D eigenvalue weighted by Gasteiger charge is -2.17. The Morgan fingerprint density at radius 2 is 1.74 bits per heavy atom. The SMILES string of the molecule is CCCc1c(OCCCCCC(=O)c2cc(OC)c(OC)c(C(C)C)c2)ccc(C(=O)O)c1O. The lowest BCUT2D eigenvalue weighted by molar-refractivity contribution is 0.0693. The summed E-state index contributed by atoms with van der Waals surface area (Å²) >= 11 is 0. The number of hydrogen-bond donors (Lipinski definition) is 2. The number of aromatic hydroxyl groups is 1. The van der Waals surface area contributed by atoms with Crippen LogP contribution in [0.1, 0.15) is 90.6 Å². The van der Waals surface area contributed by atoms with Crippen molar-refractivity contribution in [2.24, 2.45) is 0 Å². The smallest absolute Gasteiger partial charge is 0.339 e. The Bertz CT molecular complexity index is 995. The molecule has 0 radical (unpaired) electrons. The average molecular weight is 473 g/mol. The quantitative estimate of drug-likeness (QED) is 0.256. The summed E-state index contributed by atoms with van der Waals surface area (Å²) in [7, 11) is 3.16. The van der Waals surface area contributed by atoms with Gasteiger partial charge in [0.25, 0.3) is 0 Å². The topological polar surface area (TPSA) is 102 Å². The van der Waals surface area contributed by atoms with Crippen molar-refractivity contribution < 1.29 is 34.0 Å². The number of ether oxygens (including phenoxy) is 3. The fourth-order valence-electron chi connectivity index (χ4n) is 3.89. The second kappa shape index (κ2) is 12.9. The molecule has 2 aromatic carbocycles. The van der Waals surface area contributed by atoms with E-state index in [1.807, 2.05) is 26.8 Å². The number of carbonyl (C=O) groups is 2. The number of aromatic carboxylic acids is 1. The molecule has 0 aliphatic rings. The van der Waals surface area contributed by atoms with Gasteiger partial charge in [0.2, 0.25) is 0 Å². The van der Waals surface area contributed by atoms with E-state index < -0.39 is 5.97 Å². The van der Waals surface area contributed by atoms with Crippen LogP contribution in [0.25, 0.3) is 0 Å². The first-order valence-electron chi connectivity index (χ1n) is 11.7. The number of ketones is 1. The van der Waals surface area contributed by atoms with Crippen molar-refractivity contribution in [2.45, 2.75) is 65.2 Å². The van der Waals surface area contributed by atoms with E-state index in [1.165, 1.54) is 6.07 Å². The first kappa shape index (κ1) is 27.0. The van der Waals surface area contributed by atoms with Crippen LogP contribution in [0.3, 0.4) is 0 Å². The molecule has 0 unspecified atom stereocenters. The minimum atomic E-state index is -1.17. The number of carbonyl (C=O) groups excluding carboxylic acids is 1. The van der Waals surface area contributed by atoms with E-state index in [2.05, 4.69) is 0 Å². The lowest BCUT2D eigenvalue weighted by atomic mass is 9.95. The van der Waals surface area contributed by atoms with Gasteiger partial charge in [-0.15, -0.1) is 0 Å². The van der Waals surface area contributed by atoms with E-state index in [0.29, 0.717) is 47.8 Å². The van der Waals surface area contributed by atoms with Gasteiger partial charge in [-0.25, -0.2) is 4.79 Å². The van der Waals surface area contributed by atoms with E-state index in [0.717, 1.165) is 31.2 Å². The van der Waals surface area contributed by atoms with E-state index in [4.69, 9.17) is 14.2 Å². The highest BCUT2D eigenvalue weighted by Gasteiger charge is 2.19. The molecule has 0 amide bonds. The summed E-state index contributed by atoms with van der Waals surface area (Å²) in [6, 6.07) is 6.58. The zero-order chi connectivity index (χ0) is 25.3. The van der Waals surface area contributed by atoms with Gasteiger partial charge in [0.15, 0.2) is 17.3 Å². The molecular formula is C27H36O7. The molecule has 0 fully saturated rings. The summed E-state index contributed by atoms with van der Waals surface area (Å²) in [5, 5.41) is 19.5. The third-order valence-electron chi connectivity index (χ3n) is 5.73. The molecule has 0 aliphatic heterocycles. The van der Waals surface area contributed by atoms with Crippen LogP contribution in [0.15, 0.2) is 24.3 Å². The zero-order valence-corrected chi connectivity index (χ0v) is 20.8. The zero-order valence-electron chi connectivity index (χ0n) is 20.8. The number of benzene rings is 2. The standard InChI is InChI=1S/C27H36O7/c1-6-10-19-23(13-12-20(25(19)29)27(30)31)34-14-9-7-8-11-22(28)18-15-21(17(2)3)26(33-5)24(16-18)32-4/h12-13,15-17,29H,6-11,14H2,1-5H3,(H,30,31). The molecule has 2 rings (SSSR count). The fraction of sp³-hybridized carbons (Fsp3) is 0.481. The van der Waals surface area contributed by atoms with E-state index in [1.54, 1.807) is 26.4 Å². The van der Waals surface area contributed by atoms with Crippen LogP contribution in [0.4, 0.5) is 0 Å². The van der Waals surface area contributed by atoms with E-state index in [-0.39, 0.29) is 23.0 Å². The summed E-state index contributed by atoms with van der Waals surface area (Å²) in [6.45, 7) is 6.47.